The number of hydrogen-bond acceptors (Lipinski definition) is 6. The quantitative estimate of drug-likeness (QED) is 0.897. The number of carbonyl (C=O) groups excluding carboxylic acids is 1. The van der Waals surface area contributed by atoms with E-state index in [-0.39, 0.29) is 11.7 Å². The Labute approximate surface area is 108 Å². The normalized spacial score (nSPS) is 10.6. The second-order valence-electron chi connectivity index (χ2n) is 3.51. The van der Waals surface area contributed by atoms with E-state index >= 15 is 0 Å². The van der Waals surface area contributed by atoms with Crippen molar-refractivity contribution < 1.29 is 13.9 Å². The highest BCUT2D eigenvalue weighted by molar-refractivity contribution is 7.15. The van der Waals surface area contributed by atoms with E-state index in [2.05, 4.69) is 15.5 Å². The van der Waals surface area contributed by atoms with Crippen molar-refractivity contribution in [2.75, 3.05) is 12.4 Å². The third-order valence-electron chi connectivity index (χ3n) is 2.16. The van der Waals surface area contributed by atoms with E-state index in [1.54, 1.807) is 19.2 Å². The number of amides is 1. The highest BCUT2D eigenvalue weighted by Gasteiger charge is 2.13. The molecule has 0 atom stereocenters. The van der Waals surface area contributed by atoms with E-state index in [9.17, 15) is 4.79 Å². The molecule has 6 nitrogen and oxygen atoms in total. The minimum atomic E-state index is -0.337. The van der Waals surface area contributed by atoms with Crippen LogP contribution >= 0.6 is 11.3 Å². The first-order valence-corrected chi connectivity index (χ1v) is 6.26. The zero-order chi connectivity index (χ0) is 13.0. The standard InChI is InChI=1S/C11H13N3O3S/c1-3-9-13-14-11(18-9)12-10(15)8-5-4-7(17-8)6-16-2/h4-5H,3,6H2,1-2H3,(H,12,14,15). The van der Waals surface area contributed by atoms with Gasteiger partial charge >= 0.3 is 0 Å². The number of nitrogens with one attached hydrogen (secondary N) is 1. The van der Waals surface area contributed by atoms with Crippen LogP contribution in [0.15, 0.2) is 16.5 Å². The lowest BCUT2D eigenvalue weighted by molar-refractivity contribution is 0.0987. The van der Waals surface area contributed by atoms with Crippen molar-refractivity contribution in [3.63, 3.8) is 0 Å². The molecule has 0 aliphatic rings. The van der Waals surface area contributed by atoms with Gasteiger partial charge in [-0.3, -0.25) is 10.1 Å². The maximum absolute atomic E-state index is 11.8. The first-order chi connectivity index (χ1) is 8.72. The van der Waals surface area contributed by atoms with Gasteiger partial charge in [0, 0.05) is 7.11 Å². The lowest BCUT2D eigenvalue weighted by Gasteiger charge is -1.97. The van der Waals surface area contributed by atoms with Crippen molar-refractivity contribution in [2.45, 2.75) is 20.0 Å². The lowest BCUT2D eigenvalue weighted by Crippen LogP contribution is -2.10. The Morgan fingerprint density at radius 1 is 1.50 bits per heavy atom. The molecule has 0 saturated heterocycles. The fourth-order valence-corrected chi connectivity index (χ4v) is 2.00. The number of anilines is 1. The summed E-state index contributed by atoms with van der Waals surface area (Å²) in [7, 11) is 1.57. The number of ether oxygens (including phenoxy) is 1. The zero-order valence-corrected chi connectivity index (χ0v) is 10.9. The largest absolute Gasteiger partial charge is 0.453 e. The SMILES string of the molecule is CCc1nnc(NC(=O)c2ccc(COC)o2)s1. The summed E-state index contributed by atoms with van der Waals surface area (Å²) in [5.41, 5.74) is 0. The Kier molecular flexibility index (Phi) is 4.06. The second kappa shape index (κ2) is 5.74. The Morgan fingerprint density at radius 2 is 2.33 bits per heavy atom. The number of aromatic nitrogens is 2. The van der Waals surface area contributed by atoms with Gasteiger partial charge in [-0.05, 0) is 18.6 Å². The van der Waals surface area contributed by atoms with E-state index in [1.165, 1.54) is 11.3 Å². The molecule has 2 aromatic rings. The van der Waals surface area contributed by atoms with E-state index in [0.29, 0.717) is 17.5 Å². The number of hydrogen-bond donors (Lipinski definition) is 1. The lowest BCUT2D eigenvalue weighted by atomic mass is 10.4. The van der Waals surface area contributed by atoms with Crippen molar-refractivity contribution in [1.29, 1.82) is 0 Å². The molecule has 0 spiro atoms. The van der Waals surface area contributed by atoms with Gasteiger partial charge in [-0.1, -0.05) is 18.3 Å². The molecule has 7 heteroatoms. The first kappa shape index (κ1) is 12.7. The van der Waals surface area contributed by atoms with Gasteiger partial charge in [0.1, 0.15) is 17.4 Å². The summed E-state index contributed by atoms with van der Waals surface area (Å²) < 4.78 is 10.2. The van der Waals surface area contributed by atoms with Crippen LogP contribution in [-0.4, -0.2) is 23.2 Å². The predicted octanol–water partition coefficient (Wildman–Crippen LogP) is 2.09. The molecule has 2 heterocycles. The third kappa shape index (κ3) is 2.93. The molecule has 0 unspecified atom stereocenters. The number of methoxy groups -OCH3 is 1. The summed E-state index contributed by atoms with van der Waals surface area (Å²) in [5, 5.41) is 11.8. The van der Waals surface area contributed by atoms with Gasteiger partial charge < -0.3 is 9.15 Å². The van der Waals surface area contributed by atoms with Crippen LogP contribution < -0.4 is 5.32 Å². The molecule has 1 amide bonds. The van der Waals surface area contributed by atoms with Crippen molar-refractivity contribution in [2.24, 2.45) is 0 Å². The Morgan fingerprint density at radius 3 is 3.00 bits per heavy atom. The summed E-state index contributed by atoms with van der Waals surface area (Å²) in [6.07, 6.45) is 0.798. The molecule has 96 valence electrons. The van der Waals surface area contributed by atoms with Crippen molar-refractivity contribution in [3.05, 3.63) is 28.7 Å². The summed E-state index contributed by atoms with van der Waals surface area (Å²) >= 11 is 1.35. The minimum Gasteiger partial charge on any atom is -0.453 e. The summed E-state index contributed by atoms with van der Waals surface area (Å²) in [6, 6.07) is 3.31. The number of furan rings is 1. The predicted molar refractivity (Wildman–Crippen MR) is 66.7 cm³/mol. The van der Waals surface area contributed by atoms with Crippen molar-refractivity contribution in [3.8, 4) is 0 Å². The number of carbonyl (C=O) groups is 1. The maximum Gasteiger partial charge on any atom is 0.293 e. The zero-order valence-electron chi connectivity index (χ0n) is 10.1. The maximum atomic E-state index is 11.8. The monoisotopic (exact) mass is 267 g/mol. The van der Waals surface area contributed by atoms with Gasteiger partial charge in [0.05, 0.1) is 0 Å². The van der Waals surface area contributed by atoms with Crippen molar-refractivity contribution in [1.82, 2.24) is 10.2 Å². The molecular weight excluding hydrogens is 254 g/mol. The first-order valence-electron chi connectivity index (χ1n) is 5.44. The molecule has 2 rings (SSSR count). The minimum absolute atomic E-state index is 0.232. The molecular formula is C11H13N3O3S. The van der Waals surface area contributed by atoms with Crippen LogP contribution in [0.3, 0.4) is 0 Å². The van der Waals surface area contributed by atoms with Crippen LogP contribution in [-0.2, 0) is 17.8 Å². The fraction of sp³-hybridized carbons (Fsp3) is 0.364. The van der Waals surface area contributed by atoms with Gasteiger partial charge in [-0.2, -0.15) is 0 Å². The summed E-state index contributed by atoms with van der Waals surface area (Å²) in [6.45, 7) is 2.32. The molecule has 18 heavy (non-hydrogen) atoms. The molecule has 1 N–H and O–H groups in total. The summed E-state index contributed by atoms with van der Waals surface area (Å²) in [5.74, 6) is 0.501. The van der Waals surface area contributed by atoms with Crippen LogP contribution in [0.2, 0.25) is 0 Å². The molecule has 0 aromatic carbocycles. The van der Waals surface area contributed by atoms with E-state index < -0.39 is 0 Å². The Hall–Kier alpha value is -1.73. The molecule has 0 bridgehead atoms. The van der Waals surface area contributed by atoms with Gasteiger partial charge in [-0.15, -0.1) is 10.2 Å². The molecule has 0 aliphatic carbocycles. The van der Waals surface area contributed by atoms with Gasteiger partial charge in [0.15, 0.2) is 5.76 Å². The van der Waals surface area contributed by atoms with Crippen LogP contribution in [0.1, 0.15) is 28.2 Å². The number of rotatable bonds is 5. The fourth-order valence-electron chi connectivity index (χ4n) is 1.33. The average Bonchev–Trinajstić information content (AvgIpc) is 2.98. The van der Waals surface area contributed by atoms with Crippen LogP contribution in [0.25, 0.3) is 0 Å². The number of nitrogens with zero attached hydrogens (tertiary/aromatic N) is 2. The van der Waals surface area contributed by atoms with Crippen LogP contribution in [0.5, 0.6) is 0 Å². The van der Waals surface area contributed by atoms with Gasteiger partial charge in [-0.25, -0.2) is 0 Å². The van der Waals surface area contributed by atoms with E-state index in [1.807, 2.05) is 6.92 Å². The Balaban J connectivity index is 2.02. The molecule has 2 aromatic heterocycles. The van der Waals surface area contributed by atoms with Gasteiger partial charge in [0.25, 0.3) is 5.91 Å². The van der Waals surface area contributed by atoms with E-state index in [0.717, 1.165) is 11.4 Å². The van der Waals surface area contributed by atoms with Crippen LogP contribution in [0, 0.1) is 0 Å². The third-order valence-corrected chi connectivity index (χ3v) is 3.14. The topological polar surface area (TPSA) is 77.2 Å². The highest BCUT2D eigenvalue weighted by atomic mass is 32.1. The molecule has 0 aliphatic heterocycles. The molecule has 0 radical (unpaired) electrons. The van der Waals surface area contributed by atoms with Crippen LogP contribution in [0.4, 0.5) is 5.13 Å². The van der Waals surface area contributed by atoms with Crippen molar-refractivity contribution >= 4 is 22.4 Å². The Bertz CT molecular complexity index is 535. The molecule has 0 fully saturated rings. The second-order valence-corrected chi connectivity index (χ2v) is 4.57. The number of aryl methyl sites for hydroxylation is 1. The van der Waals surface area contributed by atoms with Gasteiger partial charge in [0.2, 0.25) is 5.13 Å². The summed E-state index contributed by atoms with van der Waals surface area (Å²) in [4.78, 5) is 11.8. The average molecular weight is 267 g/mol. The smallest absolute Gasteiger partial charge is 0.293 e. The highest BCUT2D eigenvalue weighted by Crippen LogP contribution is 2.17. The molecule has 0 saturated carbocycles. The van der Waals surface area contributed by atoms with E-state index in [4.69, 9.17) is 9.15 Å².